The maximum atomic E-state index is 13.3. The van der Waals surface area contributed by atoms with Gasteiger partial charge in [0, 0.05) is 18.0 Å². The van der Waals surface area contributed by atoms with E-state index in [9.17, 15) is 9.50 Å². The molecule has 1 atom stereocenters. The summed E-state index contributed by atoms with van der Waals surface area (Å²) < 4.78 is 15.2. The average molecular weight is 362 g/mol. The number of pyridine rings is 2. The summed E-state index contributed by atoms with van der Waals surface area (Å²) in [6, 6.07) is 13.7. The van der Waals surface area contributed by atoms with Crippen LogP contribution in [0.15, 0.2) is 60.9 Å². The van der Waals surface area contributed by atoms with Gasteiger partial charge in [-0.05, 0) is 61.4 Å². The standard InChI is InChI=1S/C21H19FN4O/c1-13-3-9-17(23-11-13)24-21(27)20-19(15-5-7-16(22)8-6-15)25-18-10-4-14(2)12-26(18)20/h3-12,21,27H,1-2H3,(H,23,24). The topological polar surface area (TPSA) is 62.5 Å². The number of fused-ring (bicyclic) bond motifs is 1. The Morgan fingerprint density at radius 2 is 1.74 bits per heavy atom. The van der Waals surface area contributed by atoms with Crippen molar-refractivity contribution in [2.45, 2.75) is 20.1 Å². The molecule has 4 rings (SSSR count). The molecule has 0 saturated heterocycles. The number of aliphatic hydroxyl groups is 1. The van der Waals surface area contributed by atoms with Crippen LogP contribution in [0.25, 0.3) is 16.9 Å². The molecule has 1 unspecified atom stereocenters. The number of benzene rings is 1. The molecule has 0 aliphatic rings. The molecule has 0 amide bonds. The molecular formula is C21H19FN4O. The van der Waals surface area contributed by atoms with Crippen molar-refractivity contribution in [3.05, 3.63) is 83.6 Å². The van der Waals surface area contributed by atoms with Gasteiger partial charge in [-0.3, -0.25) is 4.40 Å². The van der Waals surface area contributed by atoms with Crippen LogP contribution in [0.5, 0.6) is 0 Å². The third kappa shape index (κ3) is 3.39. The Labute approximate surface area is 156 Å². The molecule has 136 valence electrons. The van der Waals surface area contributed by atoms with E-state index >= 15 is 0 Å². The van der Waals surface area contributed by atoms with Crippen LogP contribution in [0.4, 0.5) is 10.2 Å². The van der Waals surface area contributed by atoms with Gasteiger partial charge in [0.15, 0.2) is 6.23 Å². The summed E-state index contributed by atoms with van der Waals surface area (Å²) in [6.07, 6.45) is 2.60. The summed E-state index contributed by atoms with van der Waals surface area (Å²) in [5, 5.41) is 13.9. The molecule has 0 aliphatic heterocycles. The summed E-state index contributed by atoms with van der Waals surface area (Å²) in [5.41, 5.74) is 4.66. The Bertz CT molecular complexity index is 1090. The van der Waals surface area contributed by atoms with E-state index in [-0.39, 0.29) is 5.82 Å². The van der Waals surface area contributed by atoms with Crippen molar-refractivity contribution >= 4 is 11.5 Å². The highest BCUT2D eigenvalue weighted by atomic mass is 19.1. The predicted molar refractivity (Wildman–Crippen MR) is 103 cm³/mol. The van der Waals surface area contributed by atoms with Crippen LogP contribution in [0.3, 0.4) is 0 Å². The predicted octanol–water partition coefficient (Wildman–Crippen LogP) is 4.26. The monoisotopic (exact) mass is 362 g/mol. The van der Waals surface area contributed by atoms with Gasteiger partial charge in [-0.2, -0.15) is 0 Å². The number of hydrogen-bond donors (Lipinski definition) is 2. The molecule has 0 aliphatic carbocycles. The molecule has 0 radical (unpaired) electrons. The van der Waals surface area contributed by atoms with Gasteiger partial charge in [-0.25, -0.2) is 14.4 Å². The van der Waals surface area contributed by atoms with Gasteiger partial charge in [0.1, 0.15) is 17.3 Å². The summed E-state index contributed by atoms with van der Waals surface area (Å²) >= 11 is 0. The normalized spacial score (nSPS) is 12.3. The van der Waals surface area contributed by atoms with Crippen LogP contribution in [-0.2, 0) is 0 Å². The van der Waals surface area contributed by atoms with Crippen molar-refractivity contribution in [1.29, 1.82) is 0 Å². The van der Waals surface area contributed by atoms with E-state index in [1.54, 1.807) is 18.3 Å². The number of nitrogens with zero attached hydrogens (tertiary/aromatic N) is 3. The summed E-state index contributed by atoms with van der Waals surface area (Å²) in [7, 11) is 0. The van der Waals surface area contributed by atoms with Crippen molar-refractivity contribution < 1.29 is 9.50 Å². The van der Waals surface area contributed by atoms with Crippen LogP contribution in [0, 0.1) is 19.7 Å². The SMILES string of the molecule is Cc1ccc(NC(O)c2c(-c3ccc(F)cc3)nc3ccc(C)cn23)nc1. The Morgan fingerprint density at radius 1 is 1.00 bits per heavy atom. The van der Waals surface area contributed by atoms with Gasteiger partial charge in [0.25, 0.3) is 0 Å². The highest BCUT2D eigenvalue weighted by molar-refractivity contribution is 5.67. The lowest BCUT2D eigenvalue weighted by atomic mass is 10.1. The molecule has 4 aromatic rings. The first-order valence-electron chi connectivity index (χ1n) is 8.63. The molecule has 0 saturated carbocycles. The van der Waals surface area contributed by atoms with Gasteiger partial charge in [-0.1, -0.05) is 12.1 Å². The summed E-state index contributed by atoms with van der Waals surface area (Å²) in [4.78, 5) is 8.94. The van der Waals surface area contributed by atoms with Crippen LogP contribution >= 0.6 is 0 Å². The van der Waals surface area contributed by atoms with E-state index in [1.807, 2.05) is 48.7 Å². The highest BCUT2D eigenvalue weighted by Gasteiger charge is 2.21. The van der Waals surface area contributed by atoms with Crippen molar-refractivity contribution in [2.24, 2.45) is 0 Å². The number of aryl methyl sites for hydroxylation is 2. The van der Waals surface area contributed by atoms with E-state index in [2.05, 4.69) is 15.3 Å². The number of hydrogen-bond acceptors (Lipinski definition) is 4. The lowest BCUT2D eigenvalue weighted by Gasteiger charge is -2.15. The number of nitrogens with one attached hydrogen (secondary N) is 1. The zero-order valence-electron chi connectivity index (χ0n) is 15.0. The number of rotatable bonds is 4. The third-order valence-corrected chi connectivity index (χ3v) is 4.38. The molecule has 3 aromatic heterocycles. The Balaban J connectivity index is 1.83. The maximum absolute atomic E-state index is 13.3. The minimum atomic E-state index is -1.04. The van der Waals surface area contributed by atoms with E-state index < -0.39 is 6.23 Å². The molecule has 0 spiro atoms. The summed E-state index contributed by atoms with van der Waals surface area (Å²) in [6.45, 7) is 3.93. The van der Waals surface area contributed by atoms with Crippen LogP contribution in [-0.4, -0.2) is 19.5 Å². The van der Waals surface area contributed by atoms with Crippen molar-refractivity contribution in [3.63, 3.8) is 0 Å². The second kappa shape index (κ2) is 6.81. The molecule has 5 nitrogen and oxygen atoms in total. The first kappa shape index (κ1) is 17.2. The molecule has 27 heavy (non-hydrogen) atoms. The van der Waals surface area contributed by atoms with Crippen molar-refractivity contribution in [1.82, 2.24) is 14.4 Å². The average Bonchev–Trinajstić information content (AvgIpc) is 3.03. The van der Waals surface area contributed by atoms with Gasteiger partial charge in [0.2, 0.25) is 0 Å². The lowest BCUT2D eigenvalue weighted by Crippen LogP contribution is -2.14. The van der Waals surface area contributed by atoms with Crippen LogP contribution < -0.4 is 5.32 Å². The number of halogens is 1. The largest absolute Gasteiger partial charge is 0.368 e. The molecule has 6 heteroatoms. The van der Waals surface area contributed by atoms with Crippen LogP contribution in [0.2, 0.25) is 0 Å². The zero-order chi connectivity index (χ0) is 19.0. The van der Waals surface area contributed by atoms with Gasteiger partial charge < -0.3 is 10.4 Å². The van der Waals surface area contributed by atoms with Gasteiger partial charge in [-0.15, -0.1) is 0 Å². The second-order valence-corrected chi connectivity index (χ2v) is 6.55. The van der Waals surface area contributed by atoms with E-state index in [1.165, 1.54) is 12.1 Å². The van der Waals surface area contributed by atoms with E-state index in [4.69, 9.17) is 0 Å². The van der Waals surface area contributed by atoms with Gasteiger partial charge >= 0.3 is 0 Å². The number of aliphatic hydroxyl groups excluding tert-OH is 1. The molecule has 1 aromatic carbocycles. The second-order valence-electron chi connectivity index (χ2n) is 6.55. The maximum Gasteiger partial charge on any atom is 0.169 e. The van der Waals surface area contributed by atoms with Crippen molar-refractivity contribution in [3.8, 4) is 11.3 Å². The molecule has 2 N–H and O–H groups in total. The van der Waals surface area contributed by atoms with Gasteiger partial charge in [0.05, 0.1) is 11.4 Å². The van der Waals surface area contributed by atoms with E-state index in [0.29, 0.717) is 22.9 Å². The Hall–Kier alpha value is -3.25. The lowest BCUT2D eigenvalue weighted by molar-refractivity contribution is 0.202. The van der Waals surface area contributed by atoms with Crippen LogP contribution in [0.1, 0.15) is 23.0 Å². The first-order valence-corrected chi connectivity index (χ1v) is 8.63. The Morgan fingerprint density at radius 3 is 2.44 bits per heavy atom. The fourth-order valence-electron chi connectivity index (χ4n) is 3.01. The molecular weight excluding hydrogens is 343 g/mol. The minimum absolute atomic E-state index is 0.317. The number of imidazole rings is 1. The Kier molecular flexibility index (Phi) is 4.33. The summed E-state index contributed by atoms with van der Waals surface area (Å²) in [5.74, 6) is 0.239. The fraction of sp³-hybridized carbons (Fsp3) is 0.143. The third-order valence-electron chi connectivity index (χ3n) is 4.38. The molecule has 0 fully saturated rings. The quantitative estimate of drug-likeness (QED) is 0.533. The minimum Gasteiger partial charge on any atom is -0.368 e. The highest BCUT2D eigenvalue weighted by Crippen LogP contribution is 2.30. The van der Waals surface area contributed by atoms with Crippen molar-refractivity contribution in [2.75, 3.05) is 5.32 Å². The smallest absolute Gasteiger partial charge is 0.169 e. The number of anilines is 1. The zero-order valence-corrected chi connectivity index (χ0v) is 15.0. The number of aromatic nitrogens is 3. The van der Waals surface area contributed by atoms with E-state index in [0.717, 1.165) is 16.7 Å². The fourth-order valence-corrected chi connectivity index (χ4v) is 3.01. The first-order chi connectivity index (χ1) is 13.0. The molecule has 3 heterocycles. The molecule has 0 bridgehead atoms.